The van der Waals surface area contributed by atoms with Crippen molar-refractivity contribution in [1.29, 1.82) is 0 Å². The molecule has 3 aromatic rings. The Balaban J connectivity index is 1.44. The van der Waals surface area contributed by atoms with Crippen molar-refractivity contribution in [3.05, 3.63) is 40.5 Å². The second kappa shape index (κ2) is 9.86. The largest absolute Gasteiger partial charge is 0.386 e. The number of hydrogen-bond acceptors (Lipinski definition) is 9. The minimum atomic E-state index is -1.14. The highest BCUT2D eigenvalue weighted by Gasteiger charge is 2.34. The van der Waals surface area contributed by atoms with E-state index in [1.165, 1.54) is 4.57 Å². The number of alkyl halides is 1. The van der Waals surface area contributed by atoms with E-state index < -0.39 is 18.1 Å². The second-order valence-corrected chi connectivity index (χ2v) is 9.34. The van der Waals surface area contributed by atoms with Crippen LogP contribution < -0.4 is 21.5 Å². The van der Waals surface area contributed by atoms with Gasteiger partial charge in [-0.25, -0.2) is 9.37 Å². The van der Waals surface area contributed by atoms with Gasteiger partial charge >= 0.3 is 0 Å². The van der Waals surface area contributed by atoms with E-state index in [1.54, 1.807) is 38.6 Å². The number of carbonyl (C=O) groups is 1. The first-order valence-electron chi connectivity index (χ1n) is 12.0. The van der Waals surface area contributed by atoms with Crippen molar-refractivity contribution >= 4 is 34.1 Å². The first kappa shape index (κ1) is 24.2. The molecule has 1 saturated carbocycles. The number of anilines is 3. The Bertz CT molecular complexity index is 1320. The molecular weight excluding hydrogens is 469 g/mol. The van der Waals surface area contributed by atoms with Gasteiger partial charge in [-0.15, -0.1) is 0 Å². The summed E-state index contributed by atoms with van der Waals surface area (Å²) in [6, 6.07) is 4.36. The normalized spacial score (nSPS) is 24.3. The highest BCUT2D eigenvalue weighted by molar-refractivity contribution is 6.05. The van der Waals surface area contributed by atoms with Gasteiger partial charge in [-0.2, -0.15) is 0 Å². The van der Waals surface area contributed by atoms with Crippen molar-refractivity contribution in [2.75, 3.05) is 44.9 Å². The Morgan fingerprint density at radius 1 is 1.25 bits per heavy atom. The number of nitrogens with zero attached hydrogens (tertiary/aromatic N) is 4. The van der Waals surface area contributed by atoms with Gasteiger partial charge in [-0.3, -0.25) is 9.59 Å². The van der Waals surface area contributed by atoms with Crippen LogP contribution in [0.25, 0.3) is 11.0 Å². The molecule has 4 atom stereocenters. The van der Waals surface area contributed by atoms with Crippen molar-refractivity contribution in [2.45, 2.75) is 43.6 Å². The molecule has 3 N–H and O–H groups in total. The van der Waals surface area contributed by atoms with Gasteiger partial charge in [-0.05, 0) is 38.4 Å². The highest BCUT2D eigenvalue weighted by atomic mass is 19.1. The number of halogens is 1. The van der Waals surface area contributed by atoms with Gasteiger partial charge < -0.3 is 34.7 Å². The summed E-state index contributed by atoms with van der Waals surface area (Å²) >= 11 is 0. The standard InChI is InChI=1S/C24H30FN7O4/c1-26-16-11-19(27-15-5-4-9-32(24(15)34)17-8-10-31(2)12-13(17)25)29-21-20(16)30-36-22(21)23(33)28-14-6-7-18(14)35-3/h4-5,9,11,13-14,17-18,26H,6-8,10,12H2,1-3H3,(H,27,29)(H,28,33)/t13-,14+,17?,18+/m0/s1. The van der Waals surface area contributed by atoms with Crippen LogP contribution in [-0.2, 0) is 4.74 Å². The van der Waals surface area contributed by atoms with Crippen molar-refractivity contribution in [2.24, 2.45) is 0 Å². The number of likely N-dealkylation sites (tertiary alicyclic amines) is 1. The Morgan fingerprint density at radius 2 is 2.08 bits per heavy atom. The van der Waals surface area contributed by atoms with Crippen LogP contribution in [-0.4, -0.2) is 78.1 Å². The van der Waals surface area contributed by atoms with Gasteiger partial charge in [0.1, 0.15) is 23.2 Å². The monoisotopic (exact) mass is 499 g/mol. The molecule has 2 aliphatic rings. The average Bonchev–Trinajstić information content (AvgIpc) is 3.27. The van der Waals surface area contributed by atoms with Crippen LogP contribution in [0.2, 0.25) is 0 Å². The lowest BCUT2D eigenvalue weighted by atomic mass is 9.89. The summed E-state index contributed by atoms with van der Waals surface area (Å²) < 4.78 is 26.9. The number of fused-ring (bicyclic) bond motifs is 1. The lowest BCUT2D eigenvalue weighted by molar-refractivity contribution is 0.00678. The summed E-state index contributed by atoms with van der Waals surface area (Å²) in [7, 11) is 5.19. The molecule has 12 heteroatoms. The molecule has 0 spiro atoms. The summed E-state index contributed by atoms with van der Waals surface area (Å²) in [6.45, 7) is 0.992. The van der Waals surface area contributed by atoms with Crippen LogP contribution in [0, 0.1) is 0 Å². The third-order valence-electron chi connectivity index (χ3n) is 7.05. The van der Waals surface area contributed by atoms with Gasteiger partial charge in [0.25, 0.3) is 11.5 Å². The molecule has 0 radical (unpaired) electrons. The summed E-state index contributed by atoms with van der Waals surface area (Å²) in [6.07, 6.45) is 2.67. The molecule has 3 aromatic heterocycles. The number of pyridine rings is 2. The van der Waals surface area contributed by atoms with E-state index in [9.17, 15) is 14.0 Å². The number of hydrogen-bond donors (Lipinski definition) is 3. The van der Waals surface area contributed by atoms with E-state index in [2.05, 4.69) is 26.1 Å². The van der Waals surface area contributed by atoms with E-state index in [1.807, 2.05) is 11.9 Å². The number of nitrogens with one attached hydrogen (secondary N) is 3. The van der Waals surface area contributed by atoms with Crippen LogP contribution in [0.1, 0.15) is 35.9 Å². The number of amides is 1. The molecule has 1 saturated heterocycles. The molecule has 1 unspecified atom stereocenters. The Kier molecular flexibility index (Phi) is 6.63. The van der Waals surface area contributed by atoms with Crippen LogP contribution in [0.3, 0.4) is 0 Å². The van der Waals surface area contributed by atoms with Crippen LogP contribution in [0.5, 0.6) is 0 Å². The van der Waals surface area contributed by atoms with Gasteiger partial charge in [0.15, 0.2) is 5.52 Å². The summed E-state index contributed by atoms with van der Waals surface area (Å²) in [5.74, 6) is -0.143. The van der Waals surface area contributed by atoms with Crippen molar-refractivity contribution in [3.8, 4) is 0 Å². The van der Waals surface area contributed by atoms with Crippen molar-refractivity contribution in [1.82, 2.24) is 24.9 Å². The fourth-order valence-corrected chi connectivity index (χ4v) is 4.84. The lowest BCUT2D eigenvalue weighted by Crippen LogP contribution is -2.51. The number of ether oxygens (including phenoxy) is 1. The van der Waals surface area contributed by atoms with E-state index >= 15 is 0 Å². The van der Waals surface area contributed by atoms with Crippen molar-refractivity contribution < 1.29 is 18.4 Å². The van der Waals surface area contributed by atoms with Gasteiger partial charge in [0.2, 0.25) is 5.76 Å². The number of piperidine rings is 1. The SMILES string of the molecule is CNc1cc(Nc2cccn(C3CCN(C)C[C@@H]3F)c2=O)nc2c(C(=O)N[C@@H]3CC[C@H]3OC)onc12. The average molecular weight is 500 g/mol. The zero-order valence-corrected chi connectivity index (χ0v) is 20.5. The summed E-state index contributed by atoms with van der Waals surface area (Å²) in [4.78, 5) is 32.6. The second-order valence-electron chi connectivity index (χ2n) is 9.34. The molecule has 4 heterocycles. The predicted octanol–water partition coefficient (Wildman–Crippen LogP) is 2.29. The zero-order chi connectivity index (χ0) is 25.4. The third-order valence-corrected chi connectivity index (χ3v) is 7.05. The molecule has 2 fully saturated rings. The number of rotatable bonds is 7. The van der Waals surface area contributed by atoms with E-state index in [4.69, 9.17) is 9.26 Å². The molecule has 1 amide bonds. The molecular formula is C24H30FN7O4. The maximum absolute atomic E-state index is 14.7. The van der Waals surface area contributed by atoms with E-state index in [0.717, 1.165) is 12.8 Å². The van der Waals surface area contributed by atoms with Gasteiger partial charge in [0, 0.05) is 39.5 Å². The zero-order valence-electron chi connectivity index (χ0n) is 20.5. The van der Waals surface area contributed by atoms with Gasteiger partial charge in [-0.1, -0.05) is 5.16 Å². The molecule has 0 aromatic carbocycles. The van der Waals surface area contributed by atoms with Gasteiger partial charge in [0.05, 0.1) is 23.9 Å². The molecule has 36 heavy (non-hydrogen) atoms. The lowest BCUT2D eigenvalue weighted by Gasteiger charge is -2.35. The first-order chi connectivity index (χ1) is 17.4. The van der Waals surface area contributed by atoms with Crippen LogP contribution >= 0.6 is 0 Å². The third kappa shape index (κ3) is 4.42. The number of aromatic nitrogens is 3. The molecule has 0 bridgehead atoms. The molecule has 192 valence electrons. The van der Waals surface area contributed by atoms with Crippen molar-refractivity contribution in [3.63, 3.8) is 0 Å². The number of methoxy groups -OCH3 is 1. The topological polar surface area (TPSA) is 127 Å². The Hall–Kier alpha value is -3.51. The predicted molar refractivity (Wildman–Crippen MR) is 133 cm³/mol. The maximum Gasteiger partial charge on any atom is 0.292 e. The highest BCUT2D eigenvalue weighted by Crippen LogP contribution is 2.29. The molecule has 1 aliphatic carbocycles. The number of carbonyl (C=O) groups excluding carboxylic acids is 1. The molecule has 1 aliphatic heterocycles. The Morgan fingerprint density at radius 3 is 2.78 bits per heavy atom. The minimum absolute atomic E-state index is 0.0241. The van der Waals surface area contributed by atoms with Crippen LogP contribution in [0.4, 0.5) is 21.6 Å². The van der Waals surface area contributed by atoms with E-state index in [0.29, 0.717) is 30.0 Å². The fourth-order valence-electron chi connectivity index (χ4n) is 4.84. The molecule has 11 nitrogen and oxygen atoms in total. The molecule has 5 rings (SSSR count). The minimum Gasteiger partial charge on any atom is -0.386 e. The van der Waals surface area contributed by atoms with Crippen LogP contribution in [0.15, 0.2) is 33.7 Å². The summed E-state index contributed by atoms with van der Waals surface area (Å²) in [5, 5.41) is 13.0. The quantitative estimate of drug-likeness (QED) is 0.449. The smallest absolute Gasteiger partial charge is 0.292 e. The summed E-state index contributed by atoms with van der Waals surface area (Å²) in [5.41, 5.74) is 1.12. The fraction of sp³-hybridized carbons (Fsp3) is 0.500. The maximum atomic E-state index is 14.7. The Labute approximate surface area is 207 Å². The van der Waals surface area contributed by atoms with E-state index in [-0.39, 0.29) is 41.2 Å². The first-order valence-corrected chi connectivity index (χ1v) is 12.0.